The van der Waals surface area contributed by atoms with E-state index in [4.69, 9.17) is 21.1 Å². The minimum Gasteiger partial charge on any atom is -0.468 e. The van der Waals surface area contributed by atoms with Crippen molar-refractivity contribution in [3.8, 4) is 5.69 Å². The second-order valence-electron chi connectivity index (χ2n) is 8.62. The van der Waals surface area contributed by atoms with Crippen LogP contribution in [0.1, 0.15) is 56.8 Å². The van der Waals surface area contributed by atoms with E-state index in [9.17, 15) is 4.79 Å². The molecule has 0 saturated heterocycles. The molecule has 0 aliphatic heterocycles. The number of hydrogen-bond donors (Lipinski definition) is 1. The Bertz CT molecular complexity index is 943. The number of tetrazole rings is 1. The lowest BCUT2D eigenvalue weighted by atomic mass is 9.75. The van der Waals surface area contributed by atoms with Gasteiger partial charge in [-0.3, -0.25) is 4.79 Å². The minimum absolute atomic E-state index is 0.122. The average Bonchev–Trinajstić information content (AvgIpc) is 3.28. The molecule has 2 aromatic rings. The Morgan fingerprint density at radius 2 is 1.97 bits per heavy atom. The standard InChI is InChI=1S/C22H30ClN5O3S/c1-30-20(29)22(32-3)13-15(14-22)24-18(21(31-2)11-7-4-8-12-21)19-25-26-27-28(19)17-10-6-5-9-16(17)23/h5-6,9-10,15,18,24H,4,7-8,11-14H2,1-3H3. The highest BCUT2D eigenvalue weighted by Crippen LogP contribution is 2.47. The van der Waals surface area contributed by atoms with Crippen LogP contribution in [0, 0.1) is 0 Å². The van der Waals surface area contributed by atoms with Gasteiger partial charge in [-0.25, -0.2) is 0 Å². The van der Waals surface area contributed by atoms with Crippen LogP contribution < -0.4 is 5.32 Å². The van der Waals surface area contributed by atoms with Crippen LogP contribution in [0.3, 0.4) is 0 Å². The number of thioether (sulfide) groups is 1. The molecule has 2 aliphatic carbocycles. The van der Waals surface area contributed by atoms with Gasteiger partial charge in [0.2, 0.25) is 0 Å². The fourth-order valence-electron chi connectivity index (χ4n) is 5.08. The Balaban J connectivity index is 1.68. The van der Waals surface area contributed by atoms with Gasteiger partial charge in [0.05, 0.1) is 29.5 Å². The molecule has 1 N–H and O–H groups in total. The first-order valence-electron chi connectivity index (χ1n) is 11.0. The molecular weight excluding hydrogens is 450 g/mol. The number of aromatic nitrogens is 4. The van der Waals surface area contributed by atoms with Gasteiger partial charge in [-0.2, -0.15) is 4.68 Å². The molecule has 0 amide bonds. The molecule has 1 unspecified atom stereocenters. The van der Waals surface area contributed by atoms with Gasteiger partial charge < -0.3 is 14.8 Å². The van der Waals surface area contributed by atoms with Gasteiger partial charge in [0.1, 0.15) is 4.75 Å². The highest BCUT2D eigenvalue weighted by atomic mass is 35.5. The van der Waals surface area contributed by atoms with Gasteiger partial charge in [-0.15, -0.1) is 16.9 Å². The van der Waals surface area contributed by atoms with Gasteiger partial charge >= 0.3 is 5.97 Å². The number of nitrogens with one attached hydrogen (secondary N) is 1. The molecule has 1 aromatic carbocycles. The summed E-state index contributed by atoms with van der Waals surface area (Å²) in [7, 11) is 3.22. The summed E-state index contributed by atoms with van der Waals surface area (Å²) >= 11 is 8.03. The van der Waals surface area contributed by atoms with Crippen LogP contribution in [0.2, 0.25) is 5.02 Å². The molecule has 174 valence electrons. The second kappa shape index (κ2) is 9.67. The van der Waals surface area contributed by atoms with Crippen molar-refractivity contribution in [1.29, 1.82) is 0 Å². The van der Waals surface area contributed by atoms with Gasteiger partial charge in [0.25, 0.3) is 0 Å². The van der Waals surface area contributed by atoms with E-state index in [1.165, 1.54) is 13.5 Å². The quantitative estimate of drug-likeness (QED) is 0.572. The number of esters is 1. The summed E-state index contributed by atoms with van der Waals surface area (Å²) in [6, 6.07) is 7.40. The van der Waals surface area contributed by atoms with E-state index in [1.807, 2.05) is 30.5 Å². The maximum atomic E-state index is 12.4. The Labute approximate surface area is 197 Å². The highest BCUT2D eigenvalue weighted by molar-refractivity contribution is 8.00. The van der Waals surface area contributed by atoms with Crippen molar-refractivity contribution in [3.63, 3.8) is 0 Å². The molecule has 8 nitrogen and oxygen atoms in total. The number of hydrogen-bond acceptors (Lipinski definition) is 8. The maximum Gasteiger partial charge on any atom is 0.322 e. The van der Waals surface area contributed by atoms with E-state index >= 15 is 0 Å². The zero-order valence-corrected chi connectivity index (χ0v) is 20.3. The topological polar surface area (TPSA) is 91.2 Å². The molecule has 1 heterocycles. The van der Waals surface area contributed by atoms with E-state index < -0.39 is 10.3 Å². The van der Waals surface area contributed by atoms with Crippen LogP contribution >= 0.6 is 23.4 Å². The number of methoxy groups -OCH3 is 2. The predicted octanol–water partition coefficient (Wildman–Crippen LogP) is 3.73. The van der Waals surface area contributed by atoms with Crippen LogP contribution in [-0.2, 0) is 14.3 Å². The molecule has 1 atom stereocenters. The summed E-state index contributed by atoms with van der Waals surface area (Å²) in [6.45, 7) is 0. The third-order valence-electron chi connectivity index (χ3n) is 6.97. The Kier molecular flexibility index (Phi) is 7.09. The summed E-state index contributed by atoms with van der Waals surface area (Å²) in [4.78, 5) is 12.4. The normalized spacial score (nSPS) is 25.7. The van der Waals surface area contributed by atoms with E-state index in [2.05, 4.69) is 20.8 Å². The number of para-hydroxylation sites is 1. The Morgan fingerprint density at radius 3 is 2.59 bits per heavy atom. The van der Waals surface area contributed by atoms with E-state index in [0.717, 1.165) is 31.4 Å². The molecule has 2 aliphatic rings. The third-order valence-corrected chi connectivity index (χ3v) is 8.57. The monoisotopic (exact) mass is 479 g/mol. The molecule has 0 spiro atoms. The lowest BCUT2D eigenvalue weighted by Gasteiger charge is -2.49. The summed E-state index contributed by atoms with van der Waals surface area (Å²) in [5, 5.41) is 17.0. The molecule has 10 heteroatoms. The maximum absolute atomic E-state index is 12.4. The predicted molar refractivity (Wildman–Crippen MR) is 124 cm³/mol. The number of carbonyl (C=O) groups is 1. The lowest BCUT2D eigenvalue weighted by Crippen LogP contribution is -2.60. The van der Waals surface area contributed by atoms with Gasteiger partial charge in [-0.05, 0) is 54.5 Å². The van der Waals surface area contributed by atoms with Crippen molar-refractivity contribution in [3.05, 3.63) is 35.1 Å². The van der Waals surface area contributed by atoms with Gasteiger partial charge in [0.15, 0.2) is 5.82 Å². The SMILES string of the molecule is COC(=O)C1(SC)CC(NC(c2nnnn2-c2ccccc2Cl)C2(OC)CCCCC2)C1. The van der Waals surface area contributed by atoms with Crippen molar-refractivity contribution in [2.24, 2.45) is 0 Å². The van der Waals surface area contributed by atoms with Crippen LogP contribution in [0.5, 0.6) is 0 Å². The zero-order chi connectivity index (χ0) is 22.8. The van der Waals surface area contributed by atoms with Gasteiger partial charge in [-0.1, -0.05) is 43.0 Å². The molecule has 2 fully saturated rings. The number of rotatable bonds is 8. The van der Waals surface area contributed by atoms with Crippen LogP contribution in [-0.4, -0.2) is 63.0 Å². The summed E-state index contributed by atoms with van der Waals surface area (Å²) < 4.78 is 12.5. The highest BCUT2D eigenvalue weighted by Gasteiger charge is 2.53. The number of ether oxygens (including phenoxy) is 2. The summed E-state index contributed by atoms with van der Waals surface area (Å²) in [5.74, 6) is 0.501. The fourth-order valence-corrected chi connectivity index (χ4v) is 6.29. The van der Waals surface area contributed by atoms with E-state index in [1.54, 1.807) is 23.6 Å². The molecule has 32 heavy (non-hydrogen) atoms. The average molecular weight is 480 g/mol. The third kappa shape index (κ3) is 4.16. The van der Waals surface area contributed by atoms with Crippen molar-refractivity contribution in [2.45, 2.75) is 67.4 Å². The van der Waals surface area contributed by atoms with E-state index in [-0.39, 0.29) is 18.1 Å². The number of nitrogens with zero attached hydrogens (tertiary/aromatic N) is 4. The van der Waals surface area contributed by atoms with Crippen molar-refractivity contribution >= 4 is 29.3 Å². The first-order valence-corrected chi connectivity index (χ1v) is 12.6. The van der Waals surface area contributed by atoms with Crippen LogP contribution in [0.4, 0.5) is 0 Å². The van der Waals surface area contributed by atoms with Crippen molar-refractivity contribution in [1.82, 2.24) is 25.5 Å². The Morgan fingerprint density at radius 1 is 1.25 bits per heavy atom. The molecular formula is C22H30ClN5O3S. The number of carbonyl (C=O) groups excluding carboxylic acids is 1. The first-order chi connectivity index (χ1) is 15.5. The second-order valence-corrected chi connectivity index (χ2v) is 10.2. The van der Waals surface area contributed by atoms with Crippen molar-refractivity contribution < 1.29 is 14.3 Å². The summed E-state index contributed by atoms with van der Waals surface area (Å²) in [5.41, 5.74) is 0.291. The number of halogens is 1. The largest absolute Gasteiger partial charge is 0.468 e. The molecule has 0 bridgehead atoms. The molecule has 1 aromatic heterocycles. The smallest absolute Gasteiger partial charge is 0.322 e. The first kappa shape index (κ1) is 23.5. The molecule has 2 saturated carbocycles. The number of benzene rings is 1. The summed E-state index contributed by atoms with van der Waals surface area (Å²) in [6.07, 6.45) is 8.51. The zero-order valence-electron chi connectivity index (χ0n) is 18.7. The minimum atomic E-state index is -0.502. The molecule has 4 rings (SSSR count). The van der Waals surface area contributed by atoms with Crippen LogP contribution in [0.15, 0.2) is 24.3 Å². The Hall–Kier alpha value is -1.68. The van der Waals surface area contributed by atoms with Crippen molar-refractivity contribution in [2.75, 3.05) is 20.5 Å². The fraction of sp³-hybridized carbons (Fsp3) is 0.636. The van der Waals surface area contributed by atoms with Crippen LogP contribution in [0.25, 0.3) is 5.69 Å². The van der Waals surface area contributed by atoms with Gasteiger partial charge in [0, 0.05) is 13.2 Å². The van der Waals surface area contributed by atoms with E-state index in [0.29, 0.717) is 23.7 Å². The molecule has 0 radical (unpaired) electrons. The lowest BCUT2D eigenvalue weighted by molar-refractivity contribution is -0.147.